The van der Waals surface area contributed by atoms with Crippen LogP contribution in [0.3, 0.4) is 0 Å². The third-order valence-corrected chi connectivity index (χ3v) is 6.10. The van der Waals surface area contributed by atoms with E-state index in [0.29, 0.717) is 23.1 Å². The van der Waals surface area contributed by atoms with Gasteiger partial charge in [-0.25, -0.2) is 13.1 Å². The second-order valence-electron chi connectivity index (χ2n) is 4.59. The van der Waals surface area contributed by atoms with Gasteiger partial charge in [-0.2, -0.15) is 0 Å². The second kappa shape index (κ2) is 6.89. The van der Waals surface area contributed by atoms with Gasteiger partial charge in [0.25, 0.3) is 0 Å². The molecule has 1 aromatic rings. The van der Waals surface area contributed by atoms with Crippen LogP contribution < -0.4 is 15.2 Å². The highest BCUT2D eigenvalue weighted by Gasteiger charge is 2.31. The van der Waals surface area contributed by atoms with Crippen LogP contribution in [0.15, 0.2) is 27.6 Å². The van der Waals surface area contributed by atoms with Crippen LogP contribution in [0.5, 0.6) is 5.75 Å². The van der Waals surface area contributed by atoms with E-state index in [1.165, 1.54) is 13.2 Å². The van der Waals surface area contributed by atoms with Crippen molar-refractivity contribution in [2.45, 2.75) is 37.1 Å². The van der Waals surface area contributed by atoms with Gasteiger partial charge in [-0.3, -0.25) is 0 Å². The fourth-order valence-electron chi connectivity index (χ4n) is 1.88. The van der Waals surface area contributed by atoms with Crippen molar-refractivity contribution in [1.29, 1.82) is 0 Å². The summed E-state index contributed by atoms with van der Waals surface area (Å²) in [7, 11) is -2.18. The number of methoxy groups -OCH3 is 1. The highest BCUT2D eigenvalue weighted by Crippen LogP contribution is 2.28. The molecule has 0 fully saturated rings. The summed E-state index contributed by atoms with van der Waals surface area (Å²) in [4.78, 5) is 0.150. The lowest BCUT2D eigenvalue weighted by atomic mass is 9.95. The number of sulfonamides is 1. The van der Waals surface area contributed by atoms with Crippen molar-refractivity contribution < 1.29 is 13.2 Å². The smallest absolute Gasteiger partial charge is 0.242 e. The van der Waals surface area contributed by atoms with Crippen LogP contribution in [0.2, 0.25) is 0 Å². The fourth-order valence-corrected chi connectivity index (χ4v) is 4.42. The standard InChI is InChI=1S/C13H21BrN2O3S/c1-4-13(5-2,9-15)16-20(17,18)12-8-10(19-3)6-7-11(12)14/h6-8,16H,4-5,9,15H2,1-3H3. The number of nitrogens with one attached hydrogen (secondary N) is 1. The average Bonchev–Trinajstić information content (AvgIpc) is 2.45. The van der Waals surface area contributed by atoms with Crippen molar-refractivity contribution in [2.24, 2.45) is 5.73 Å². The molecule has 0 atom stereocenters. The number of hydrogen-bond donors (Lipinski definition) is 2. The molecule has 0 saturated carbocycles. The highest BCUT2D eigenvalue weighted by atomic mass is 79.9. The van der Waals surface area contributed by atoms with Gasteiger partial charge in [0.15, 0.2) is 0 Å². The second-order valence-corrected chi connectivity index (χ2v) is 7.10. The van der Waals surface area contributed by atoms with Crippen LogP contribution in [-0.2, 0) is 10.0 Å². The van der Waals surface area contributed by atoms with E-state index in [0.717, 1.165) is 0 Å². The molecule has 0 aliphatic heterocycles. The molecule has 7 heteroatoms. The lowest BCUT2D eigenvalue weighted by Gasteiger charge is -2.31. The third kappa shape index (κ3) is 3.72. The van der Waals surface area contributed by atoms with E-state index in [2.05, 4.69) is 20.7 Å². The molecule has 0 aliphatic rings. The first-order valence-electron chi connectivity index (χ1n) is 6.41. The van der Waals surface area contributed by atoms with Crippen LogP contribution in [-0.4, -0.2) is 27.6 Å². The van der Waals surface area contributed by atoms with Crippen LogP contribution in [0.1, 0.15) is 26.7 Å². The van der Waals surface area contributed by atoms with Gasteiger partial charge in [-0.15, -0.1) is 0 Å². The molecule has 1 aromatic carbocycles. The Labute approximate surface area is 129 Å². The lowest BCUT2D eigenvalue weighted by molar-refractivity contribution is 0.363. The molecule has 0 bridgehead atoms. The molecule has 0 amide bonds. The lowest BCUT2D eigenvalue weighted by Crippen LogP contribution is -2.52. The van der Waals surface area contributed by atoms with Crippen LogP contribution in [0.25, 0.3) is 0 Å². The summed E-state index contributed by atoms with van der Waals surface area (Å²) in [6, 6.07) is 4.83. The van der Waals surface area contributed by atoms with Crippen molar-refractivity contribution in [2.75, 3.05) is 13.7 Å². The van der Waals surface area contributed by atoms with Crippen LogP contribution in [0.4, 0.5) is 0 Å². The molecule has 0 unspecified atom stereocenters. The summed E-state index contributed by atoms with van der Waals surface area (Å²) in [6.45, 7) is 4.08. The molecular formula is C13H21BrN2O3S. The number of hydrogen-bond acceptors (Lipinski definition) is 4. The first kappa shape index (κ1) is 17.4. The maximum atomic E-state index is 12.6. The van der Waals surface area contributed by atoms with E-state index in [9.17, 15) is 8.42 Å². The fraction of sp³-hybridized carbons (Fsp3) is 0.538. The average molecular weight is 365 g/mol. The molecule has 0 radical (unpaired) electrons. The van der Waals surface area contributed by atoms with Crippen molar-refractivity contribution in [1.82, 2.24) is 4.72 Å². The minimum Gasteiger partial charge on any atom is -0.497 e. The van der Waals surface area contributed by atoms with E-state index < -0.39 is 15.6 Å². The van der Waals surface area contributed by atoms with Gasteiger partial charge in [0.2, 0.25) is 10.0 Å². The number of rotatable bonds is 7. The molecule has 0 aromatic heterocycles. The van der Waals surface area contributed by atoms with E-state index >= 15 is 0 Å². The third-order valence-electron chi connectivity index (χ3n) is 3.52. The molecule has 20 heavy (non-hydrogen) atoms. The van der Waals surface area contributed by atoms with Gasteiger partial charge in [-0.05, 0) is 40.9 Å². The minimum absolute atomic E-state index is 0.150. The quantitative estimate of drug-likeness (QED) is 0.777. The zero-order chi connectivity index (χ0) is 15.4. The number of halogens is 1. The Hall–Kier alpha value is -0.630. The van der Waals surface area contributed by atoms with E-state index in [1.807, 2.05) is 13.8 Å². The van der Waals surface area contributed by atoms with Gasteiger partial charge < -0.3 is 10.5 Å². The highest BCUT2D eigenvalue weighted by molar-refractivity contribution is 9.10. The maximum absolute atomic E-state index is 12.6. The Morgan fingerprint density at radius 1 is 1.35 bits per heavy atom. The molecule has 114 valence electrons. The maximum Gasteiger partial charge on any atom is 0.242 e. The summed E-state index contributed by atoms with van der Waals surface area (Å²) in [5.41, 5.74) is 5.12. The van der Waals surface area contributed by atoms with Crippen molar-refractivity contribution in [3.05, 3.63) is 22.7 Å². The minimum atomic E-state index is -3.67. The molecule has 5 nitrogen and oxygen atoms in total. The molecule has 3 N–H and O–H groups in total. The normalized spacial score (nSPS) is 12.4. The SMILES string of the molecule is CCC(CC)(CN)NS(=O)(=O)c1cc(OC)ccc1Br. The van der Waals surface area contributed by atoms with Gasteiger partial charge in [0.05, 0.1) is 12.0 Å². The van der Waals surface area contributed by atoms with Crippen molar-refractivity contribution in [3.8, 4) is 5.75 Å². The summed E-state index contributed by atoms with van der Waals surface area (Å²) in [5, 5.41) is 0. The molecule has 0 spiro atoms. The monoisotopic (exact) mass is 364 g/mol. The van der Waals surface area contributed by atoms with Crippen molar-refractivity contribution >= 4 is 26.0 Å². The number of ether oxygens (including phenoxy) is 1. The zero-order valence-electron chi connectivity index (χ0n) is 11.9. The summed E-state index contributed by atoms with van der Waals surface area (Å²) < 4.78 is 33.4. The summed E-state index contributed by atoms with van der Waals surface area (Å²) in [5.74, 6) is 0.486. The molecular weight excluding hydrogens is 344 g/mol. The van der Waals surface area contributed by atoms with E-state index in [4.69, 9.17) is 10.5 Å². The Balaban J connectivity index is 3.23. The summed E-state index contributed by atoms with van der Waals surface area (Å²) in [6.07, 6.45) is 1.25. The first-order valence-corrected chi connectivity index (χ1v) is 8.69. The Bertz CT molecular complexity index is 548. The predicted molar refractivity (Wildman–Crippen MR) is 83.4 cm³/mol. The van der Waals surface area contributed by atoms with Gasteiger partial charge in [0, 0.05) is 22.6 Å². The first-order chi connectivity index (χ1) is 9.34. The number of benzene rings is 1. The number of nitrogens with two attached hydrogens (primary N) is 1. The van der Waals surface area contributed by atoms with Gasteiger partial charge >= 0.3 is 0 Å². The Morgan fingerprint density at radius 3 is 2.40 bits per heavy atom. The van der Waals surface area contributed by atoms with Crippen molar-refractivity contribution in [3.63, 3.8) is 0 Å². The Morgan fingerprint density at radius 2 is 1.95 bits per heavy atom. The molecule has 0 aliphatic carbocycles. The molecule has 0 heterocycles. The topological polar surface area (TPSA) is 81.4 Å². The Kier molecular flexibility index (Phi) is 6.00. The van der Waals surface area contributed by atoms with Crippen LogP contribution in [0, 0.1) is 0 Å². The predicted octanol–water partition coefficient (Wildman–Crippen LogP) is 2.25. The molecule has 1 rings (SSSR count). The largest absolute Gasteiger partial charge is 0.497 e. The summed E-state index contributed by atoms with van der Waals surface area (Å²) >= 11 is 3.26. The molecule has 0 saturated heterocycles. The van der Waals surface area contributed by atoms with E-state index in [-0.39, 0.29) is 11.4 Å². The van der Waals surface area contributed by atoms with Gasteiger partial charge in [0.1, 0.15) is 5.75 Å². The van der Waals surface area contributed by atoms with Gasteiger partial charge in [-0.1, -0.05) is 13.8 Å². The van der Waals surface area contributed by atoms with E-state index in [1.54, 1.807) is 12.1 Å². The zero-order valence-corrected chi connectivity index (χ0v) is 14.3. The van der Waals surface area contributed by atoms with Crippen LogP contribution >= 0.6 is 15.9 Å².